The van der Waals surface area contributed by atoms with Crippen molar-refractivity contribution in [2.75, 3.05) is 39.4 Å². The maximum atomic E-state index is 13.4. The summed E-state index contributed by atoms with van der Waals surface area (Å²) in [4.78, 5) is 11.7. The summed E-state index contributed by atoms with van der Waals surface area (Å²) in [6, 6.07) is 6.37. The molecular formula is C15H22FN3O2. The third kappa shape index (κ3) is 5.69. The maximum absolute atomic E-state index is 13.4. The number of carbonyl (C=O) groups excluding carboxylic acids is 1. The fourth-order valence-corrected chi connectivity index (χ4v) is 2.20. The molecule has 1 aliphatic heterocycles. The molecule has 0 unspecified atom stereocenters. The second-order valence-electron chi connectivity index (χ2n) is 5.12. The van der Waals surface area contributed by atoms with Crippen molar-refractivity contribution in [3.8, 4) is 0 Å². The van der Waals surface area contributed by atoms with E-state index in [9.17, 15) is 9.18 Å². The van der Waals surface area contributed by atoms with E-state index in [0.29, 0.717) is 38.3 Å². The van der Waals surface area contributed by atoms with Crippen LogP contribution in [0.1, 0.15) is 5.56 Å². The summed E-state index contributed by atoms with van der Waals surface area (Å²) in [7, 11) is 0. The van der Waals surface area contributed by atoms with Crippen molar-refractivity contribution in [2.45, 2.75) is 6.42 Å². The van der Waals surface area contributed by atoms with Gasteiger partial charge >= 0.3 is 6.03 Å². The summed E-state index contributed by atoms with van der Waals surface area (Å²) < 4.78 is 18.8. The number of hydrogen-bond acceptors (Lipinski definition) is 3. The van der Waals surface area contributed by atoms with Gasteiger partial charge in [0.05, 0.1) is 13.2 Å². The first-order chi connectivity index (χ1) is 10.3. The maximum Gasteiger partial charge on any atom is 0.314 e. The van der Waals surface area contributed by atoms with Crippen LogP contribution in [0.15, 0.2) is 24.3 Å². The quantitative estimate of drug-likeness (QED) is 0.756. The van der Waals surface area contributed by atoms with Gasteiger partial charge < -0.3 is 20.7 Å². The Kier molecular flexibility index (Phi) is 6.43. The number of nitrogens with one attached hydrogen (secondary N) is 3. The smallest absolute Gasteiger partial charge is 0.314 e. The number of halogens is 1. The van der Waals surface area contributed by atoms with Gasteiger partial charge in [-0.25, -0.2) is 9.18 Å². The Balaban J connectivity index is 1.62. The van der Waals surface area contributed by atoms with Gasteiger partial charge in [-0.2, -0.15) is 0 Å². The van der Waals surface area contributed by atoms with Gasteiger partial charge in [0, 0.05) is 32.1 Å². The predicted molar refractivity (Wildman–Crippen MR) is 78.7 cm³/mol. The second kappa shape index (κ2) is 8.59. The minimum atomic E-state index is -0.235. The fourth-order valence-electron chi connectivity index (χ4n) is 2.20. The Morgan fingerprint density at radius 1 is 1.38 bits per heavy atom. The van der Waals surface area contributed by atoms with Crippen molar-refractivity contribution in [2.24, 2.45) is 5.92 Å². The minimum absolute atomic E-state index is 0.226. The average Bonchev–Trinajstić information content (AvgIpc) is 2.76. The van der Waals surface area contributed by atoms with Gasteiger partial charge in [0.2, 0.25) is 0 Å². The molecule has 0 radical (unpaired) electrons. The van der Waals surface area contributed by atoms with Gasteiger partial charge in [0.1, 0.15) is 5.82 Å². The lowest BCUT2D eigenvalue weighted by atomic mass is 10.1. The van der Waals surface area contributed by atoms with Gasteiger partial charge in [0.15, 0.2) is 0 Å². The van der Waals surface area contributed by atoms with Gasteiger partial charge in [0.25, 0.3) is 0 Å². The van der Waals surface area contributed by atoms with E-state index in [1.807, 2.05) is 0 Å². The Hall–Kier alpha value is -1.66. The van der Waals surface area contributed by atoms with E-state index in [1.54, 1.807) is 18.2 Å². The summed E-state index contributed by atoms with van der Waals surface area (Å²) in [5, 5.41) is 8.81. The molecule has 0 aliphatic carbocycles. The van der Waals surface area contributed by atoms with Crippen LogP contribution in [-0.2, 0) is 11.2 Å². The standard InChI is InChI=1S/C15H22FN3O2/c16-14-4-2-1-3-13(14)5-6-18-15(20)19-10-12-9-17-7-8-21-11-12/h1-4,12,17H,5-11H2,(H2,18,19,20)/t12-/m1/s1. The molecule has 3 N–H and O–H groups in total. The number of hydrogen-bond donors (Lipinski definition) is 3. The monoisotopic (exact) mass is 295 g/mol. The molecule has 1 saturated heterocycles. The lowest BCUT2D eigenvalue weighted by Gasteiger charge is -2.15. The molecule has 116 valence electrons. The largest absolute Gasteiger partial charge is 0.380 e. The van der Waals surface area contributed by atoms with Crippen LogP contribution < -0.4 is 16.0 Å². The van der Waals surface area contributed by atoms with Crippen LogP contribution in [-0.4, -0.2) is 45.4 Å². The molecule has 0 bridgehead atoms. The van der Waals surface area contributed by atoms with Crippen molar-refractivity contribution in [3.63, 3.8) is 0 Å². The van der Waals surface area contributed by atoms with Crippen molar-refractivity contribution >= 4 is 6.03 Å². The summed E-state index contributed by atoms with van der Waals surface area (Å²) >= 11 is 0. The molecule has 1 aliphatic rings. The number of benzene rings is 1. The Morgan fingerprint density at radius 3 is 3.10 bits per heavy atom. The van der Waals surface area contributed by atoms with E-state index in [0.717, 1.165) is 13.1 Å². The molecule has 21 heavy (non-hydrogen) atoms. The van der Waals surface area contributed by atoms with E-state index >= 15 is 0 Å². The first kappa shape index (κ1) is 15.7. The van der Waals surface area contributed by atoms with Crippen LogP contribution in [0, 0.1) is 11.7 Å². The summed E-state index contributed by atoms with van der Waals surface area (Å²) in [6.07, 6.45) is 0.480. The number of amides is 2. The highest BCUT2D eigenvalue weighted by Gasteiger charge is 2.13. The predicted octanol–water partition coefficient (Wildman–Crippen LogP) is 0.903. The number of ether oxygens (including phenoxy) is 1. The van der Waals surface area contributed by atoms with Crippen LogP contribution in [0.3, 0.4) is 0 Å². The minimum Gasteiger partial charge on any atom is -0.380 e. The average molecular weight is 295 g/mol. The topological polar surface area (TPSA) is 62.4 Å². The van der Waals surface area contributed by atoms with E-state index in [2.05, 4.69) is 16.0 Å². The lowest BCUT2D eigenvalue weighted by Crippen LogP contribution is -2.41. The van der Waals surface area contributed by atoms with Gasteiger partial charge in [-0.1, -0.05) is 18.2 Å². The van der Waals surface area contributed by atoms with Crippen LogP contribution in [0.25, 0.3) is 0 Å². The van der Waals surface area contributed by atoms with Crippen molar-refractivity contribution in [1.29, 1.82) is 0 Å². The lowest BCUT2D eigenvalue weighted by molar-refractivity contribution is 0.123. The molecule has 0 aromatic heterocycles. The molecule has 1 heterocycles. The van der Waals surface area contributed by atoms with Gasteiger partial charge in [-0.15, -0.1) is 0 Å². The van der Waals surface area contributed by atoms with E-state index in [1.165, 1.54) is 6.07 Å². The third-order valence-corrected chi connectivity index (χ3v) is 3.40. The Labute approximate surface area is 124 Å². The van der Waals surface area contributed by atoms with Crippen LogP contribution in [0.2, 0.25) is 0 Å². The molecule has 5 nitrogen and oxygen atoms in total. The number of urea groups is 1. The molecule has 6 heteroatoms. The Bertz CT molecular complexity index is 448. The van der Waals surface area contributed by atoms with Gasteiger partial charge in [-0.3, -0.25) is 0 Å². The molecule has 2 amide bonds. The molecule has 1 fully saturated rings. The number of rotatable bonds is 5. The highest BCUT2D eigenvalue weighted by Crippen LogP contribution is 2.06. The fraction of sp³-hybridized carbons (Fsp3) is 0.533. The summed E-state index contributed by atoms with van der Waals surface area (Å²) in [5.74, 6) is 0.0474. The van der Waals surface area contributed by atoms with Gasteiger partial charge in [-0.05, 0) is 18.1 Å². The Morgan fingerprint density at radius 2 is 2.24 bits per heavy atom. The molecular weight excluding hydrogens is 273 g/mol. The molecule has 1 aromatic rings. The number of carbonyl (C=O) groups is 1. The molecule has 0 spiro atoms. The highest BCUT2D eigenvalue weighted by atomic mass is 19.1. The molecule has 0 saturated carbocycles. The third-order valence-electron chi connectivity index (χ3n) is 3.40. The van der Waals surface area contributed by atoms with Crippen LogP contribution in [0.5, 0.6) is 0 Å². The zero-order chi connectivity index (χ0) is 14.9. The zero-order valence-corrected chi connectivity index (χ0v) is 12.0. The van der Waals surface area contributed by atoms with Crippen LogP contribution >= 0.6 is 0 Å². The normalized spacial score (nSPS) is 18.8. The zero-order valence-electron chi connectivity index (χ0n) is 12.0. The first-order valence-corrected chi connectivity index (χ1v) is 7.29. The van der Waals surface area contributed by atoms with E-state index < -0.39 is 0 Å². The van der Waals surface area contributed by atoms with E-state index in [-0.39, 0.29) is 17.8 Å². The first-order valence-electron chi connectivity index (χ1n) is 7.29. The SMILES string of the molecule is O=C(NCCc1ccccc1F)NC[C@H]1CNCCOC1. The van der Waals surface area contributed by atoms with E-state index in [4.69, 9.17) is 4.74 Å². The summed E-state index contributed by atoms with van der Waals surface area (Å²) in [6.45, 7) is 4.04. The summed E-state index contributed by atoms with van der Waals surface area (Å²) in [5.41, 5.74) is 0.610. The highest BCUT2D eigenvalue weighted by molar-refractivity contribution is 5.73. The van der Waals surface area contributed by atoms with Crippen LogP contribution in [0.4, 0.5) is 9.18 Å². The molecule has 2 rings (SSSR count). The second-order valence-corrected chi connectivity index (χ2v) is 5.12. The van der Waals surface area contributed by atoms with Crippen molar-refractivity contribution < 1.29 is 13.9 Å². The van der Waals surface area contributed by atoms with Crippen molar-refractivity contribution in [3.05, 3.63) is 35.6 Å². The van der Waals surface area contributed by atoms with Crippen molar-refractivity contribution in [1.82, 2.24) is 16.0 Å². The molecule has 1 atom stereocenters. The molecule has 1 aromatic carbocycles.